The number of rotatable bonds is 5. The Labute approximate surface area is 113 Å². The number of aromatic nitrogens is 2. The zero-order valence-corrected chi connectivity index (χ0v) is 11.5. The summed E-state index contributed by atoms with van der Waals surface area (Å²) in [5.74, 6) is 0.649. The van der Waals surface area contributed by atoms with E-state index in [4.69, 9.17) is 4.74 Å². The van der Waals surface area contributed by atoms with E-state index in [1.807, 2.05) is 42.9 Å². The molecule has 0 aliphatic carbocycles. The molecule has 0 atom stereocenters. The summed E-state index contributed by atoms with van der Waals surface area (Å²) in [6.45, 7) is 6.82. The molecule has 4 heteroatoms. The van der Waals surface area contributed by atoms with Gasteiger partial charge in [0.05, 0.1) is 11.8 Å². The average Bonchev–Trinajstić information content (AvgIpc) is 2.84. The summed E-state index contributed by atoms with van der Waals surface area (Å²) >= 11 is 0. The Hall–Kier alpha value is -2.10. The van der Waals surface area contributed by atoms with E-state index in [0.717, 1.165) is 17.7 Å². The summed E-state index contributed by atoms with van der Waals surface area (Å²) in [6, 6.07) is 5.61. The molecule has 1 aromatic heterocycles. The monoisotopic (exact) mass is 258 g/mol. The summed E-state index contributed by atoms with van der Waals surface area (Å²) in [6.07, 6.45) is 3.73. The highest BCUT2D eigenvalue weighted by Crippen LogP contribution is 2.22. The molecule has 19 heavy (non-hydrogen) atoms. The Morgan fingerprint density at radius 2 is 2.21 bits per heavy atom. The fraction of sp³-hybridized carbons (Fsp3) is 0.333. The predicted molar refractivity (Wildman–Crippen MR) is 73.4 cm³/mol. The molecule has 0 saturated carbocycles. The van der Waals surface area contributed by atoms with Crippen LogP contribution in [0.25, 0.3) is 0 Å². The normalized spacial score (nSPS) is 10.5. The maximum atomic E-state index is 11.5. The number of benzene rings is 1. The third-order valence-corrected chi connectivity index (χ3v) is 2.92. The van der Waals surface area contributed by atoms with Gasteiger partial charge in [0.1, 0.15) is 12.4 Å². The van der Waals surface area contributed by atoms with Crippen LogP contribution in [0.1, 0.15) is 35.3 Å². The molecule has 0 radical (unpaired) electrons. The van der Waals surface area contributed by atoms with Gasteiger partial charge in [0.15, 0.2) is 5.78 Å². The number of Topliss-reactive ketones (excluding diaryl/α,β-unsaturated/α-hetero) is 1. The summed E-state index contributed by atoms with van der Waals surface area (Å²) in [5.41, 5.74) is 2.69. The van der Waals surface area contributed by atoms with Crippen molar-refractivity contribution >= 4 is 5.78 Å². The highest BCUT2D eigenvalue weighted by atomic mass is 16.5. The maximum Gasteiger partial charge on any atom is 0.163 e. The molecule has 0 bridgehead atoms. The minimum absolute atomic E-state index is 0.0132. The Morgan fingerprint density at radius 3 is 2.84 bits per heavy atom. The molecular formula is C15H18N2O2. The van der Waals surface area contributed by atoms with Gasteiger partial charge in [-0.3, -0.25) is 9.48 Å². The number of aryl methyl sites for hydroxylation is 2. The van der Waals surface area contributed by atoms with Crippen molar-refractivity contribution < 1.29 is 9.53 Å². The van der Waals surface area contributed by atoms with Crippen molar-refractivity contribution in [3.05, 3.63) is 47.3 Å². The van der Waals surface area contributed by atoms with Crippen molar-refractivity contribution in [3.8, 4) is 5.75 Å². The van der Waals surface area contributed by atoms with Crippen molar-refractivity contribution in [2.75, 3.05) is 0 Å². The number of hydrogen-bond donors (Lipinski definition) is 0. The van der Waals surface area contributed by atoms with Crippen LogP contribution in [-0.2, 0) is 13.2 Å². The van der Waals surface area contributed by atoms with Gasteiger partial charge in [0, 0.05) is 18.3 Å². The standard InChI is InChI=1S/C15H18N2O2/c1-4-17-9-13(8-16-17)10-19-15-7-11(2)5-6-14(15)12(3)18/h5-9H,4,10H2,1-3H3. The van der Waals surface area contributed by atoms with E-state index in [2.05, 4.69) is 5.10 Å². The van der Waals surface area contributed by atoms with Gasteiger partial charge >= 0.3 is 0 Å². The lowest BCUT2D eigenvalue weighted by atomic mass is 10.1. The van der Waals surface area contributed by atoms with E-state index < -0.39 is 0 Å². The van der Waals surface area contributed by atoms with Gasteiger partial charge in [-0.1, -0.05) is 6.07 Å². The largest absolute Gasteiger partial charge is 0.488 e. The highest BCUT2D eigenvalue weighted by Gasteiger charge is 2.09. The second-order valence-electron chi connectivity index (χ2n) is 4.55. The van der Waals surface area contributed by atoms with Crippen molar-refractivity contribution in [2.24, 2.45) is 0 Å². The molecule has 0 unspecified atom stereocenters. The summed E-state index contributed by atoms with van der Waals surface area (Å²) in [4.78, 5) is 11.5. The molecule has 0 amide bonds. The lowest BCUT2D eigenvalue weighted by Gasteiger charge is -2.09. The van der Waals surface area contributed by atoms with Gasteiger partial charge in [-0.2, -0.15) is 5.10 Å². The molecule has 0 aliphatic rings. The fourth-order valence-electron chi connectivity index (χ4n) is 1.85. The quantitative estimate of drug-likeness (QED) is 0.774. The lowest BCUT2D eigenvalue weighted by Crippen LogP contribution is -2.01. The van der Waals surface area contributed by atoms with Crippen LogP contribution >= 0.6 is 0 Å². The molecule has 100 valence electrons. The molecular weight excluding hydrogens is 240 g/mol. The van der Waals surface area contributed by atoms with Gasteiger partial charge in [-0.15, -0.1) is 0 Å². The van der Waals surface area contributed by atoms with Gasteiger partial charge in [-0.05, 0) is 38.5 Å². The summed E-state index contributed by atoms with van der Waals surface area (Å²) in [5, 5.41) is 4.19. The van der Waals surface area contributed by atoms with Crippen LogP contribution in [0.5, 0.6) is 5.75 Å². The van der Waals surface area contributed by atoms with Crippen LogP contribution in [-0.4, -0.2) is 15.6 Å². The minimum Gasteiger partial charge on any atom is -0.488 e. The Balaban J connectivity index is 2.14. The first-order valence-electron chi connectivity index (χ1n) is 6.36. The van der Waals surface area contributed by atoms with E-state index in [9.17, 15) is 4.79 Å². The number of carbonyl (C=O) groups excluding carboxylic acids is 1. The van der Waals surface area contributed by atoms with Gasteiger partial charge in [0.25, 0.3) is 0 Å². The van der Waals surface area contributed by atoms with E-state index >= 15 is 0 Å². The fourth-order valence-corrected chi connectivity index (χ4v) is 1.85. The zero-order valence-electron chi connectivity index (χ0n) is 11.5. The Bertz CT molecular complexity index is 588. The van der Waals surface area contributed by atoms with Crippen LogP contribution in [0.4, 0.5) is 0 Å². The lowest BCUT2D eigenvalue weighted by molar-refractivity contribution is 0.101. The average molecular weight is 258 g/mol. The van der Waals surface area contributed by atoms with Gasteiger partial charge in [0.2, 0.25) is 0 Å². The number of nitrogens with zero attached hydrogens (tertiary/aromatic N) is 2. The third kappa shape index (κ3) is 3.22. The van der Waals surface area contributed by atoms with E-state index in [1.54, 1.807) is 13.1 Å². The molecule has 1 aromatic carbocycles. The predicted octanol–water partition coefficient (Wildman–Crippen LogP) is 2.99. The second-order valence-corrected chi connectivity index (χ2v) is 4.55. The Morgan fingerprint density at radius 1 is 1.42 bits per heavy atom. The molecule has 0 spiro atoms. The molecule has 1 heterocycles. The first-order chi connectivity index (χ1) is 9.10. The van der Waals surface area contributed by atoms with Crippen LogP contribution in [0.15, 0.2) is 30.6 Å². The SMILES string of the molecule is CCn1cc(COc2cc(C)ccc2C(C)=O)cn1. The zero-order chi connectivity index (χ0) is 13.8. The summed E-state index contributed by atoms with van der Waals surface area (Å²) in [7, 11) is 0. The van der Waals surface area contributed by atoms with Crippen molar-refractivity contribution in [1.82, 2.24) is 9.78 Å². The van der Waals surface area contributed by atoms with E-state index in [0.29, 0.717) is 17.9 Å². The van der Waals surface area contributed by atoms with Crippen LogP contribution in [0.2, 0.25) is 0 Å². The van der Waals surface area contributed by atoms with Crippen LogP contribution < -0.4 is 4.74 Å². The van der Waals surface area contributed by atoms with Crippen LogP contribution in [0, 0.1) is 6.92 Å². The van der Waals surface area contributed by atoms with Gasteiger partial charge in [-0.25, -0.2) is 0 Å². The van der Waals surface area contributed by atoms with Crippen molar-refractivity contribution in [1.29, 1.82) is 0 Å². The first kappa shape index (κ1) is 13.3. The Kier molecular flexibility index (Phi) is 4.00. The smallest absolute Gasteiger partial charge is 0.163 e. The topological polar surface area (TPSA) is 44.1 Å². The maximum absolute atomic E-state index is 11.5. The second kappa shape index (κ2) is 5.69. The molecule has 2 rings (SSSR count). The molecule has 4 nitrogen and oxygen atoms in total. The first-order valence-corrected chi connectivity index (χ1v) is 6.36. The molecule has 0 N–H and O–H groups in total. The molecule has 0 saturated heterocycles. The third-order valence-electron chi connectivity index (χ3n) is 2.92. The van der Waals surface area contributed by atoms with Crippen molar-refractivity contribution in [2.45, 2.75) is 33.9 Å². The van der Waals surface area contributed by atoms with Crippen LogP contribution in [0.3, 0.4) is 0 Å². The van der Waals surface area contributed by atoms with E-state index in [1.165, 1.54) is 0 Å². The minimum atomic E-state index is 0.0132. The number of hydrogen-bond acceptors (Lipinski definition) is 3. The highest BCUT2D eigenvalue weighted by molar-refractivity contribution is 5.96. The van der Waals surface area contributed by atoms with Crippen molar-refractivity contribution in [3.63, 3.8) is 0 Å². The molecule has 2 aromatic rings. The molecule has 0 fully saturated rings. The van der Waals surface area contributed by atoms with E-state index in [-0.39, 0.29) is 5.78 Å². The molecule has 0 aliphatic heterocycles. The number of carbonyl (C=O) groups is 1. The van der Waals surface area contributed by atoms with Gasteiger partial charge < -0.3 is 4.74 Å². The number of ether oxygens (including phenoxy) is 1. The number of ketones is 1. The summed E-state index contributed by atoms with van der Waals surface area (Å²) < 4.78 is 7.60.